The molecule has 21 heavy (non-hydrogen) atoms. The molecule has 1 unspecified atom stereocenters. The lowest BCUT2D eigenvalue weighted by atomic mass is 10.3. The number of hydrogen-bond donors (Lipinski definition) is 1. The standard InChI is InChI=1S/C12H17N3O5S/c1-9-8-20-7-6-14(9)21(18,19)11-5-3-4-10(13-2)12(11)15(16)17/h3-5,9,13H,6-8H2,1-2H3. The summed E-state index contributed by atoms with van der Waals surface area (Å²) in [6, 6.07) is 3.86. The van der Waals surface area contributed by atoms with E-state index in [0.717, 1.165) is 0 Å². The highest BCUT2D eigenvalue weighted by Gasteiger charge is 2.37. The first-order chi connectivity index (χ1) is 9.89. The van der Waals surface area contributed by atoms with Crippen molar-refractivity contribution in [3.8, 4) is 0 Å². The van der Waals surface area contributed by atoms with Gasteiger partial charge in [0.25, 0.3) is 0 Å². The summed E-state index contributed by atoms with van der Waals surface area (Å²) >= 11 is 0. The molecule has 1 N–H and O–H groups in total. The maximum Gasteiger partial charge on any atom is 0.312 e. The van der Waals surface area contributed by atoms with E-state index in [9.17, 15) is 18.5 Å². The average Bonchev–Trinajstić information content (AvgIpc) is 2.46. The number of morpholine rings is 1. The molecule has 0 bridgehead atoms. The monoisotopic (exact) mass is 315 g/mol. The van der Waals surface area contributed by atoms with Crippen molar-refractivity contribution in [2.24, 2.45) is 0 Å². The second kappa shape index (κ2) is 5.96. The van der Waals surface area contributed by atoms with Crippen LogP contribution in [0.15, 0.2) is 23.1 Å². The Hall–Kier alpha value is -1.71. The van der Waals surface area contributed by atoms with E-state index in [4.69, 9.17) is 4.74 Å². The third kappa shape index (κ3) is 2.85. The van der Waals surface area contributed by atoms with Crippen molar-refractivity contribution in [3.63, 3.8) is 0 Å². The van der Waals surface area contributed by atoms with Crippen molar-refractivity contribution in [2.75, 3.05) is 32.1 Å². The zero-order valence-corrected chi connectivity index (χ0v) is 12.6. The zero-order chi connectivity index (χ0) is 15.6. The molecule has 0 radical (unpaired) electrons. The molecule has 1 aliphatic heterocycles. The molecular formula is C12H17N3O5S. The minimum absolute atomic E-state index is 0.169. The Bertz CT molecular complexity index is 646. The Morgan fingerprint density at radius 2 is 2.19 bits per heavy atom. The van der Waals surface area contributed by atoms with Crippen molar-refractivity contribution >= 4 is 21.4 Å². The van der Waals surface area contributed by atoms with Gasteiger partial charge in [0, 0.05) is 19.6 Å². The third-order valence-corrected chi connectivity index (χ3v) is 5.39. The molecule has 8 nitrogen and oxygen atoms in total. The van der Waals surface area contributed by atoms with Gasteiger partial charge in [0.1, 0.15) is 5.69 Å². The van der Waals surface area contributed by atoms with Crippen LogP contribution in [0.3, 0.4) is 0 Å². The van der Waals surface area contributed by atoms with Crippen LogP contribution in [-0.4, -0.2) is 50.5 Å². The van der Waals surface area contributed by atoms with Gasteiger partial charge < -0.3 is 10.1 Å². The van der Waals surface area contributed by atoms with Gasteiger partial charge in [-0.3, -0.25) is 10.1 Å². The van der Waals surface area contributed by atoms with Gasteiger partial charge in [-0.05, 0) is 19.1 Å². The van der Waals surface area contributed by atoms with Gasteiger partial charge in [-0.1, -0.05) is 6.07 Å². The Kier molecular flexibility index (Phi) is 4.45. The van der Waals surface area contributed by atoms with E-state index < -0.39 is 20.6 Å². The molecule has 1 atom stereocenters. The number of ether oxygens (including phenoxy) is 1. The van der Waals surface area contributed by atoms with Crippen LogP contribution in [0.1, 0.15) is 6.92 Å². The molecular weight excluding hydrogens is 298 g/mol. The lowest BCUT2D eigenvalue weighted by molar-refractivity contribution is -0.386. The lowest BCUT2D eigenvalue weighted by Gasteiger charge is -2.32. The SMILES string of the molecule is CNc1cccc(S(=O)(=O)N2CCOCC2C)c1[N+](=O)[O-]. The van der Waals surface area contributed by atoms with E-state index in [-0.39, 0.29) is 36.4 Å². The molecule has 0 aliphatic carbocycles. The molecule has 1 heterocycles. The van der Waals surface area contributed by atoms with Crippen LogP contribution < -0.4 is 5.32 Å². The summed E-state index contributed by atoms with van der Waals surface area (Å²) < 4.78 is 31.9. The van der Waals surface area contributed by atoms with Crippen LogP contribution in [0, 0.1) is 10.1 Å². The summed E-state index contributed by atoms with van der Waals surface area (Å²) in [7, 11) is -2.44. The molecule has 1 aliphatic rings. The molecule has 0 spiro atoms. The van der Waals surface area contributed by atoms with Crippen molar-refractivity contribution in [3.05, 3.63) is 28.3 Å². The number of para-hydroxylation sites is 1. The average molecular weight is 315 g/mol. The maximum absolute atomic E-state index is 12.7. The van der Waals surface area contributed by atoms with Gasteiger partial charge in [-0.2, -0.15) is 4.31 Å². The molecule has 1 aromatic carbocycles. The molecule has 0 saturated carbocycles. The fourth-order valence-corrected chi connectivity index (χ4v) is 4.10. The minimum atomic E-state index is -3.95. The molecule has 2 rings (SSSR count). The van der Waals surface area contributed by atoms with Crippen molar-refractivity contribution < 1.29 is 18.1 Å². The smallest absolute Gasteiger partial charge is 0.312 e. The third-order valence-electron chi connectivity index (χ3n) is 3.34. The summed E-state index contributed by atoms with van der Waals surface area (Å²) in [4.78, 5) is 10.3. The van der Waals surface area contributed by atoms with Crippen LogP contribution in [0.4, 0.5) is 11.4 Å². The Morgan fingerprint density at radius 1 is 1.48 bits per heavy atom. The first kappa shape index (κ1) is 15.7. The number of rotatable bonds is 4. The molecule has 1 aromatic rings. The largest absolute Gasteiger partial charge is 0.383 e. The van der Waals surface area contributed by atoms with E-state index in [1.807, 2.05) is 0 Å². The van der Waals surface area contributed by atoms with Crippen LogP contribution in [0.25, 0.3) is 0 Å². The fraction of sp³-hybridized carbons (Fsp3) is 0.500. The van der Waals surface area contributed by atoms with Crippen LogP contribution >= 0.6 is 0 Å². The normalized spacial score (nSPS) is 20.2. The van der Waals surface area contributed by atoms with Gasteiger partial charge in [-0.15, -0.1) is 0 Å². The molecule has 1 fully saturated rings. The summed E-state index contributed by atoms with van der Waals surface area (Å²) in [6.45, 7) is 2.46. The van der Waals surface area contributed by atoms with E-state index in [1.54, 1.807) is 6.92 Å². The van der Waals surface area contributed by atoms with Gasteiger partial charge in [0.15, 0.2) is 4.90 Å². The van der Waals surface area contributed by atoms with E-state index in [0.29, 0.717) is 0 Å². The maximum atomic E-state index is 12.7. The quantitative estimate of drug-likeness (QED) is 0.658. The number of hydrogen-bond acceptors (Lipinski definition) is 6. The van der Waals surface area contributed by atoms with E-state index in [2.05, 4.69) is 5.32 Å². The molecule has 1 saturated heterocycles. The lowest BCUT2D eigenvalue weighted by Crippen LogP contribution is -2.47. The second-order valence-electron chi connectivity index (χ2n) is 4.70. The summed E-state index contributed by atoms with van der Waals surface area (Å²) in [6.07, 6.45) is 0. The minimum Gasteiger partial charge on any atom is -0.383 e. The molecule has 0 aromatic heterocycles. The molecule has 0 amide bonds. The predicted octanol–water partition coefficient (Wildman–Crippen LogP) is 1.05. The second-order valence-corrected chi connectivity index (χ2v) is 6.56. The van der Waals surface area contributed by atoms with E-state index in [1.165, 1.54) is 29.6 Å². The number of benzene rings is 1. The molecule has 9 heteroatoms. The Morgan fingerprint density at radius 3 is 2.76 bits per heavy atom. The first-order valence-electron chi connectivity index (χ1n) is 6.44. The van der Waals surface area contributed by atoms with Crippen molar-refractivity contribution in [2.45, 2.75) is 17.9 Å². The van der Waals surface area contributed by atoms with Gasteiger partial charge in [0.2, 0.25) is 10.0 Å². The highest BCUT2D eigenvalue weighted by Crippen LogP contribution is 2.34. The highest BCUT2D eigenvalue weighted by atomic mass is 32.2. The summed E-state index contributed by atoms with van der Waals surface area (Å²) in [5.41, 5.74) is -0.263. The van der Waals surface area contributed by atoms with E-state index >= 15 is 0 Å². The van der Waals surface area contributed by atoms with Crippen LogP contribution in [0.2, 0.25) is 0 Å². The summed E-state index contributed by atoms with van der Waals surface area (Å²) in [5, 5.41) is 13.9. The highest BCUT2D eigenvalue weighted by molar-refractivity contribution is 7.89. The first-order valence-corrected chi connectivity index (χ1v) is 7.88. The molecule has 116 valence electrons. The number of nitrogens with one attached hydrogen (secondary N) is 1. The van der Waals surface area contributed by atoms with Gasteiger partial charge >= 0.3 is 5.69 Å². The Balaban J connectivity index is 2.57. The number of nitro benzene ring substituents is 1. The number of nitrogens with zero attached hydrogens (tertiary/aromatic N) is 2. The topological polar surface area (TPSA) is 102 Å². The summed E-state index contributed by atoms with van der Waals surface area (Å²) in [5.74, 6) is 0. The number of sulfonamides is 1. The predicted molar refractivity (Wildman–Crippen MR) is 76.8 cm³/mol. The van der Waals surface area contributed by atoms with Crippen LogP contribution in [-0.2, 0) is 14.8 Å². The van der Waals surface area contributed by atoms with Gasteiger partial charge in [0.05, 0.1) is 18.1 Å². The fourth-order valence-electron chi connectivity index (χ4n) is 2.32. The zero-order valence-electron chi connectivity index (χ0n) is 11.8. The van der Waals surface area contributed by atoms with Crippen molar-refractivity contribution in [1.29, 1.82) is 0 Å². The number of anilines is 1. The van der Waals surface area contributed by atoms with Gasteiger partial charge in [-0.25, -0.2) is 8.42 Å². The van der Waals surface area contributed by atoms with Crippen molar-refractivity contribution in [1.82, 2.24) is 4.31 Å². The number of nitro groups is 1. The Labute approximate surface area is 122 Å². The van der Waals surface area contributed by atoms with Crippen LogP contribution in [0.5, 0.6) is 0 Å².